The third kappa shape index (κ3) is 3.61. The van der Waals surface area contributed by atoms with E-state index in [-0.39, 0.29) is 5.57 Å². The summed E-state index contributed by atoms with van der Waals surface area (Å²) in [5.41, 5.74) is 1.63. The standard InChI is InChI=1S/C15H18N2O4S/c1-9-12(14(18)19)13(17-15(16-9)22-8-20-2)10-4-6-11(21-3)7-5-10/h4-7,13H,8H2,1-3H3,(H,16,17)(H,18,19). The number of aliphatic carboxylic acids is 1. The van der Waals surface area contributed by atoms with Crippen LogP contribution < -0.4 is 10.1 Å². The molecule has 2 rings (SSSR count). The first kappa shape index (κ1) is 16.4. The summed E-state index contributed by atoms with van der Waals surface area (Å²) in [6, 6.07) is 6.69. The van der Waals surface area contributed by atoms with E-state index in [4.69, 9.17) is 9.47 Å². The van der Waals surface area contributed by atoms with Crippen LogP contribution in [0.2, 0.25) is 0 Å². The van der Waals surface area contributed by atoms with Crippen molar-refractivity contribution in [1.29, 1.82) is 0 Å². The number of nitrogens with zero attached hydrogens (tertiary/aromatic N) is 1. The minimum absolute atomic E-state index is 0.243. The molecule has 1 aliphatic heterocycles. The molecule has 1 aliphatic rings. The molecule has 6 nitrogen and oxygen atoms in total. The number of amidine groups is 1. The maximum atomic E-state index is 11.6. The van der Waals surface area contributed by atoms with E-state index >= 15 is 0 Å². The fraction of sp³-hybridized carbons (Fsp3) is 0.333. The Morgan fingerprint density at radius 2 is 2.05 bits per heavy atom. The van der Waals surface area contributed by atoms with Crippen LogP contribution in [0.1, 0.15) is 18.5 Å². The highest BCUT2D eigenvalue weighted by Crippen LogP contribution is 2.33. The third-order valence-electron chi connectivity index (χ3n) is 3.19. The number of hydrogen-bond acceptors (Lipinski definition) is 6. The van der Waals surface area contributed by atoms with E-state index in [1.165, 1.54) is 11.8 Å². The second-order valence-corrected chi connectivity index (χ2v) is 5.54. The molecule has 2 N–H and O–H groups in total. The average Bonchev–Trinajstić information content (AvgIpc) is 2.52. The van der Waals surface area contributed by atoms with Gasteiger partial charge in [0.05, 0.1) is 18.6 Å². The van der Waals surface area contributed by atoms with Crippen molar-refractivity contribution < 1.29 is 19.4 Å². The number of nitrogens with one attached hydrogen (secondary N) is 1. The normalized spacial score (nSPS) is 17.8. The molecule has 1 aromatic carbocycles. The van der Waals surface area contributed by atoms with Crippen LogP contribution in [0.3, 0.4) is 0 Å². The van der Waals surface area contributed by atoms with Gasteiger partial charge in [0.1, 0.15) is 11.8 Å². The topological polar surface area (TPSA) is 80.2 Å². The van der Waals surface area contributed by atoms with E-state index in [9.17, 15) is 9.90 Å². The summed E-state index contributed by atoms with van der Waals surface area (Å²) in [5, 5.41) is 13.1. The molecule has 7 heteroatoms. The minimum Gasteiger partial charge on any atom is -0.497 e. The fourth-order valence-electron chi connectivity index (χ4n) is 2.14. The summed E-state index contributed by atoms with van der Waals surface area (Å²) < 4.78 is 10.1. The molecule has 0 amide bonds. The molecule has 0 fully saturated rings. The van der Waals surface area contributed by atoms with Crippen molar-refractivity contribution in [3.63, 3.8) is 0 Å². The van der Waals surface area contributed by atoms with Gasteiger partial charge in [0, 0.05) is 12.8 Å². The molecule has 1 aromatic rings. The van der Waals surface area contributed by atoms with Crippen LogP contribution in [-0.4, -0.2) is 36.4 Å². The van der Waals surface area contributed by atoms with Gasteiger partial charge in [-0.05, 0) is 24.6 Å². The maximum Gasteiger partial charge on any atom is 0.335 e. The molecule has 0 aliphatic carbocycles. The van der Waals surface area contributed by atoms with Gasteiger partial charge in [0.15, 0.2) is 5.17 Å². The lowest BCUT2D eigenvalue weighted by Gasteiger charge is -2.24. The monoisotopic (exact) mass is 322 g/mol. The Morgan fingerprint density at radius 3 is 2.59 bits per heavy atom. The highest BCUT2D eigenvalue weighted by molar-refractivity contribution is 8.13. The first-order chi connectivity index (χ1) is 10.6. The number of rotatable bonds is 5. The summed E-state index contributed by atoms with van der Waals surface area (Å²) in [5.74, 6) is 0.176. The highest BCUT2D eigenvalue weighted by atomic mass is 32.2. The molecule has 0 radical (unpaired) electrons. The van der Waals surface area contributed by atoms with E-state index in [1.807, 2.05) is 12.1 Å². The zero-order valence-electron chi connectivity index (χ0n) is 12.6. The summed E-state index contributed by atoms with van der Waals surface area (Å²) >= 11 is 1.39. The van der Waals surface area contributed by atoms with Gasteiger partial charge in [-0.2, -0.15) is 0 Å². The lowest BCUT2D eigenvalue weighted by Crippen LogP contribution is -2.30. The van der Waals surface area contributed by atoms with Gasteiger partial charge in [-0.1, -0.05) is 23.9 Å². The van der Waals surface area contributed by atoms with Crippen LogP contribution in [0.4, 0.5) is 0 Å². The van der Waals surface area contributed by atoms with E-state index in [0.29, 0.717) is 22.6 Å². The van der Waals surface area contributed by atoms with E-state index < -0.39 is 12.0 Å². The molecular weight excluding hydrogens is 304 g/mol. The first-order valence-electron chi connectivity index (χ1n) is 6.61. The number of allylic oxidation sites excluding steroid dienone is 1. The number of carbonyl (C=O) groups is 1. The quantitative estimate of drug-likeness (QED) is 0.810. The second-order valence-electron chi connectivity index (χ2n) is 4.63. The van der Waals surface area contributed by atoms with Crippen molar-refractivity contribution in [2.24, 2.45) is 4.99 Å². The number of methoxy groups -OCH3 is 2. The van der Waals surface area contributed by atoms with Crippen LogP contribution >= 0.6 is 11.8 Å². The lowest BCUT2D eigenvalue weighted by molar-refractivity contribution is -0.133. The van der Waals surface area contributed by atoms with Gasteiger partial charge in [-0.3, -0.25) is 0 Å². The van der Waals surface area contributed by atoms with Crippen molar-refractivity contribution in [3.05, 3.63) is 41.1 Å². The molecule has 118 valence electrons. The number of benzene rings is 1. The highest BCUT2D eigenvalue weighted by Gasteiger charge is 2.29. The number of ether oxygens (including phenoxy) is 2. The van der Waals surface area contributed by atoms with Crippen LogP contribution in [-0.2, 0) is 9.53 Å². The maximum absolute atomic E-state index is 11.6. The number of aliphatic imine (C=N–C) groups is 1. The zero-order valence-corrected chi connectivity index (χ0v) is 13.4. The van der Waals surface area contributed by atoms with E-state index in [2.05, 4.69) is 10.3 Å². The molecule has 1 atom stereocenters. The Bertz CT molecular complexity index is 610. The Hall–Kier alpha value is -1.99. The summed E-state index contributed by atoms with van der Waals surface area (Å²) in [4.78, 5) is 16.1. The smallest absolute Gasteiger partial charge is 0.335 e. The lowest BCUT2D eigenvalue weighted by atomic mass is 9.97. The van der Waals surface area contributed by atoms with Crippen molar-refractivity contribution in [2.75, 3.05) is 20.2 Å². The number of carboxylic acid groups (broad SMARTS) is 1. The molecule has 22 heavy (non-hydrogen) atoms. The molecule has 0 saturated heterocycles. The predicted molar refractivity (Wildman–Crippen MR) is 86.1 cm³/mol. The Balaban J connectivity index is 2.37. The van der Waals surface area contributed by atoms with Gasteiger partial charge >= 0.3 is 5.97 Å². The largest absolute Gasteiger partial charge is 0.497 e. The van der Waals surface area contributed by atoms with Crippen LogP contribution in [0.5, 0.6) is 5.75 Å². The number of hydrogen-bond donors (Lipinski definition) is 2. The molecular formula is C15H18N2O4S. The molecule has 0 bridgehead atoms. The zero-order chi connectivity index (χ0) is 16.1. The minimum atomic E-state index is -0.981. The predicted octanol–water partition coefficient (Wildman–Crippen LogP) is 2.39. The van der Waals surface area contributed by atoms with Gasteiger partial charge in [0.2, 0.25) is 0 Å². The van der Waals surface area contributed by atoms with Gasteiger partial charge in [-0.15, -0.1) is 0 Å². The molecule has 0 spiro atoms. The average molecular weight is 322 g/mol. The first-order valence-corrected chi connectivity index (χ1v) is 7.60. The molecule has 1 heterocycles. The summed E-state index contributed by atoms with van der Waals surface area (Å²) in [6.07, 6.45) is 0. The van der Waals surface area contributed by atoms with E-state index in [0.717, 1.165) is 5.56 Å². The fourth-order valence-corrected chi connectivity index (χ4v) is 2.77. The summed E-state index contributed by atoms with van der Waals surface area (Å²) in [6.45, 7) is 1.74. The number of thioether (sulfide) groups is 1. The van der Waals surface area contributed by atoms with Gasteiger partial charge in [0.25, 0.3) is 0 Å². The van der Waals surface area contributed by atoms with Crippen LogP contribution in [0.25, 0.3) is 0 Å². The van der Waals surface area contributed by atoms with Gasteiger partial charge in [-0.25, -0.2) is 9.79 Å². The van der Waals surface area contributed by atoms with Crippen molar-refractivity contribution in [1.82, 2.24) is 5.32 Å². The Kier molecular flexibility index (Phi) is 5.46. The van der Waals surface area contributed by atoms with Crippen molar-refractivity contribution in [3.8, 4) is 5.75 Å². The van der Waals surface area contributed by atoms with Crippen LogP contribution in [0.15, 0.2) is 40.5 Å². The molecule has 0 aromatic heterocycles. The van der Waals surface area contributed by atoms with Crippen molar-refractivity contribution in [2.45, 2.75) is 13.0 Å². The Morgan fingerprint density at radius 1 is 1.36 bits per heavy atom. The molecule has 1 unspecified atom stereocenters. The van der Waals surface area contributed by atoms with Crippen molar-refractivity contribution >= 4 is 22.9 Å². The second kappa shape index (κ2) is 7.33. The molecule has 0 saturated carbocycles. The third-order valence-corrected chi connectivity index (χ3v) is 4.03. The summed E-state index contributed by atoms with van der Waals surface area (Å²) in [7, 11) is 3.19. The van der Waals surface area contributed by atoms with Crippen LogP contribution in [0, 0.1) is 0 Å². The van der Waals surface area contributed by atoms with E-state index in [1.54, 1.807) is 33.3 Å². The number of carboxylic acids is 1. The SMILES string of the molecule is COCSC1=NC(c2ccc(OC)cc2)C(C(=O)O)=C(C)N1. The van der Waals surface area contributed by atoms with Gasteiger partial charge < -0.3 is 19.9 Å². The Labute approximate surface area is 133 Å².